The van der Waals surface area contributed by atoms with Crippen molar-refractivity contribution in [2.45, 2.75) is 33.2 Å². The number of imidazole rings is 1. The summed E-state index contributed by atoms with van der Waals surface area (Å²) < 4.78 is 0. The summed E-state index contributed by atoms with van der Waals surface area (Å²) in [5.41, 5.74) is 8.88. The molecule has 1 aromatic carbocycles. The minimum Gasteiger partial charge on any atom is -0.342 e. The van der Waals surface area contributed by atoms with Gasteiger partial charge in [-0.05, 0) is 23.6 Å². The fourth-order valence-electron chi connectivity index (χ4n) is 1.73. The van der Waals surface area contributed by atoms with Crippen LogP contribution in [0.4, 0.5) is 0 Å². The van der Waals surface area contributed by atoms with Crippen LogP contribution in [0.2, 0.25) is 0 Å². The van der Waals surface area contributed by atoms with Crippen molar-refractivity contribution in [3.63, 3.8) is 0 Å². The second-order valence-electron chi connectivity index (χ2n) is 4.71. The van der Waals surface area contributed by atoms with Gasteiger partial charge in [0.15, 0.2) is 0 Å². The summed E-state index contributed by atoms with van der Waals surface area (Å²) >= 11 is 0. The minimum atomic E-state index is 0.453. The Morgan fingerprint density at radius 1 is 1.31 bits per heavy atom. The molecule has 86 valence electrons. The number of rotatable bonds is 3. The van der Waals surface area contributed by atoms with E-state index >= 15 is 0 Å². The van der Waals surface area contributed by atoms with Crippen LogP contribution >= 0.6 is 0 Å². The molecule has 3 heteroatoms. The SMILES string of the molecule is CC(C)C(C)c1nc2ccc(CN)cc2[nH]1. The predicted octanol–water partition coefficient (Wildman–Crippen LogP) is 2.78. The molecular formula is C13H19N3. The van der Waals surface area contributed by atoms with E-state index in [1.807, 2.05) is 12.1 Å². The van der Waals surface area contributed by atoms with Crippen LogP contribution < -0.4 is 5.73 Å². The van der Waals surface area contributed by atoms with Gasteiger partial charge in [-0.3, -0.25) is 0 Å². The largest absolute Gasteiger partial charge is 0.342 e. The topological polar surface area (TPSA) is 54.7 Å². The van der Waals surface area contributed by atoms with Crippen molar-refractivity contribution < 1.29 is 0 Å². The Hall–Kier alpha value is -1.35. The average molecular weight is 217 g/mol. The van der Waals surface area contributed by atoms with E-state index in [0.29, 0.717) is 18.4 Å². The molecule has 1 atom stereocenters. The number of aromatic nitrogens is 2. The van der Waals surface area contributed by atoms with E-state index in [1.165, 1.54) is 0 Å². The van der Waals surface area contributed by atoms with E-state index in [9.17, 15) is 0 Å². The molecule has 3 nitrogen and oxygen atoms in total. The van der Waals surface area contributed by atoms with Gasteiger partial charge in [0, 0.05) is 12.5 Å². The lowest BCUT2D eigenvalue weighted by atomic mass is 9.98. The van der Waals surface area contributed by atoms with Crippen molar-refractivity contribution in [1.82, 2.24) is 9.97 Å². The van der Waals surface area contributed by atoms with Crippen LogP contribution in [0.3, 0.4) is 0 Å². The van der Waals surface area contributed by atoms with Gasteiger partial charge >= 0.3 is 0 Å². The summed E-state index contributed by atoms with van der Waals surface area (Å²) in [4.78, 5) is 8.00. The number of H-pyrrole nitrogens is 1. The zero-order valence-corrected chi connectivity index (χ0v) is 10.1. The lowest BCUT2D eigenvalue weighted by Crippen LogP contribution is -2.03. The number of hydrogen-bond donors (Lipinski definition) is 2. The Bertz CT molecular complexity index is 485. The second-order valence-corrected chi connectivity index (χ2v) is 4.71. The highest BCUT2D eigenvalue weighted by Gasteiger charge is 2.14. The van der Waals surface area contributed by atoms with Gasteiger partial charge in [-0.2, -0.15) is 0 Å². The number of nitrogens with one attached hydrogen (secondary N) is 1. The first kappa shape index (κ1) is 11.1. The van der Waals surface area contributed by atoms with Gasteiger partial charge in [0.05, 0.1) is 11.0 Å². The Labute approximate surface area is 96.1 Å². The van der Waals surface area contributed by atoms with E-state index in [-0.39, 0.29) is 0 Å². The zero-order chi connectivity index (χ0) is 11.7. The maximum atomic E-state index is 5.62. The summed E-state index contributed by atoms with van der Waals surface area (Å²) in [6.07, 6.45) is 0. The van der Waals surface area contributed by atoms with Crippen LogP contribution in [0.15, 0.2) is 18.2 Å². The molecule has 3 N–H and O–H groups in total. The quantitative estimate of drug-likeness (QED) is 0.830. The molecule has 1 unspecified atom stereocenters. The first-order chi connectivity index (χ1) is 7.61. The molecule has 0 aliphatic heterocycles. The molecule has 2 rings (SSSR count). The van der Waals surface area contributed by atoms with Crippen molar-refractivity contribution in [3.05, 3.63) is 29.6 Å². The van der Waals surface area contributed by atoms with E-state index < -0.39 is 0 Å². The molecule has 0 aliphatic carbocycles. The van der Waals surface area contributed by atoms with Crippen LogP contribution in [-0.4, -0.2) is 9.97 Å². The highest BCUT2D eigenvalue weighted by Crippen LogP contribution is 2.23. The smallest absolute Gasteiger partial charge is 0.110 e. The van der Waals surface area contributed by atoms with Gasteiger partial charge in [-0.25, -0.2) is 4.98 Å². The average Bonchev–Trinajstić information content (AvgIpc) is 2.69. The summed E-state index contributed by atoms with van der Waals surface area (Å²) in [5.74, 6) is 2.11. The van der Waals surface area contributed by atoms with Gasteiger partial charge in [0.1, 0.15) is 5.82 Å². The van der Waals surface area contributed by atoms with E-state index in [1.54, 1.807) is 0 Å². The first-order valence-corrected chi connectivity index (χ1v) is 5.80. The van der Waals surface area contributed by atoms with E-state index in [2.05, 4.69) is 36.8 Å². The molecule has 1 heterocycles. The number of nitrogens with zero attached hydrogens (tertiary/aromatic N) is 1. The standard InChI is InChI=1S/C13H19N3/c1-8(2)9(3)13-15-11-5-4-10(7-14)6-12(11)16-13/h4-6,8-9H,7,14H2,1-3H3,(H,15,16). The molecule has 0 fully saturated rings. The lowest BCUT2D eigenvalue weighted by Gasteiger charge is -2.11. The van der Waals surface area contributed by atoms with Gasteiger partial charge in [-0.1, -0.05) is 26.8 Å². The fourth-order valence-corrected chi connectivity index (χ4v) is 1.73. The Morgan fingerprint density at radius 3 is 2.69 bits per heavy atom. The third kappa shape index (κ3) is 1.95. The third-order valence-electron chi connectivity index (χ3n) is 3.23. The van der Waals surface area contributed by atoms with Gasteiger partial charge in [0.25, 0.3) is 0 Å². The van der Waals surface area contributed by atoms with Crippen molar-refractivity contribution in [3.8, 4) is 0 Å². The number of aromatic amines is 1. The Balaban J connectivity index is 2.43. The summed E-state index contributed by atoms with van der Waals surface area (Å²) in [5, 5.41) is 0. The van der Waals surface area contributed by atoms with Crippen LogP contribution in [-0.2, 0) is 6.54 Å². The van der Waals surface area contributed by atoms with Gasteiger partial charge < -0.3 is 10.7 Å². The molecule has 0 spiro atoms. The predicted molar refractivity (Wildman–Crippen MR) is 67.2 cm³/mol. The van der Waals surface area contributed by atoms with E-state index in [0.717, 1.165) is 22.4 Å². The Kier molecular flexibility index (Phi) is 2.97. The monoisotopic (exact) mass is 217 g/mol. The minimum absolute atomic E-state index is 0.453. The first-order valence-electron chi connectivity index (χ1n) is 5.80. The maximum absolute atomic E-state index is 5.62. The fraction of sp³-hybridized carbons (Fsp3) is 0.462. The Morgan fingerprint density at radius 2 is 2.06 bits per heavy atom. The van der Waals surface area contributed by atoms with Crippen molar-refractivity contribution >= 4 is 11.0 Å². The number of fused-ring (bicyclic) bond motifs is 1. The second kappa shape index (κ2) is 4.26. The molecule has 0 saturated carbocycles. The van der Waals surface area contributed by atoms with E-state index in [4.69, 9.17) is 5.73 Å². The summed E-state index contributed by atoms with van der Waals surface area (Å²) in [6.45, 7) is 7.20. The van der Waals surface area contributed by atoms with Crippen LogP contribution in [0.5, 0.6) is 0 Å². The molecule has 0 amide bonds. The molecule has 1 aromatic heterocycles. The lowest BCUT2D eigenvalue weighted by molar-refractivity contribution is 0.515. The molecule has 0 saturated heterocycles. The summed E-state index contributed by atoms with van der Waals surface area (Å²) in [6, 6.07) is 6.15. The van der Waals surface area contributed by atoms with Crippen LogP contribution in [0.25, 0.3) is 11.0 Å². The summed E-state index contributed by atoms with van der Waals surface area (Å²) in [7, 11) is 0. The number of nitrogens with two attached hydrogens (primary N) is 1. The molecule has 0 radical (unpaired) electrons. The van der Waals surface area contributed by atoms with Crippen molar-refractivity contribution in [2.75, 3.05) is 0 Å². The normalized spacial score (nSPS) is 13.6. The third-order valence-corrected chi connectivity index (χ3v) is 3.23. The number of hydrogen-bond acceptors (Lipinski definition) is 2. The highest BCUT2D eigenvalue weighted by molar-refractivity contribution is 5.76. The van der Waals surface area contributed by atoms with Crippen molar-refractivity contribution in [1.29, 1.82) is 0 Å². The zero-order valence-electron chi connectivity index (χ0n) is 10.1. The van der Waals surface area contributed by atoms with Crippen molar-refractivity contribution in [2.24, 2.45) is 11.7 Å². The number of benzene rings is 1. The van der Waals surface area contributed by atoms with Crippen LogP contribution in [0.1, 0.15) is 38.1 Å². The van der Waals surface area contributed by atoms with Gasteiger partial charge in [-0.15, -0.1) is 0 Å². The van der Waals surface area contributed by atoms with Crippen LogP contribution in [0, 0.1) is 5.92 Å². The molecular weight excluding hydrogens is 198 g/mol. The molecule has 0 aliphatic rings. The molecule has 0 bridgehead atoms. The van der Waals surface area contributed by atoms with Gasteiger partial charge in [0.2, 0.25) is 0 Å². The molecule has 2 aromatic rings. The highest BCUT2D eigenvalue weighted by atomic mass is 14.9. The maximum Gasteiger partial charge on any atom is 0.110 e. The molecule has 16 heavy (non-hydrogen) atoms.